The van der Waals surface area contributed by atoms with Gasteiger partial charge in [0.2, 0.25) is 0 Å². The summed E-state index contributed by atoms with van der Waals surface area (Å²) in [6.45, 7) is 8.82. The van der Waals surface area contributed by atoms with Crippen LogP contribution in [0.5, 0.6) is 0 Å². The smallest absolute Gasteiger partial charge is 0.339 e. The molecule has 6 nitrogen and oxygen atoms in total. The first-order valence-electron chi connectivity index (χ1n) is 15.0. The summed E-state index contributed by atoms with van der Waals surface area (Å²) >= 11 is 0. The normalized spacial score (nSPS) is 11.6. The Morgan fingerprint density at radius 3 is 1.63 bits per heavy atom. The van der Waals surface area contributed by atoms with Gasteiger partial charge in [0.05, 0.1) is 16.7 Å². The van der Waals surface area contributed by atoms with E-state index in [2.05, 4.69) is 27.7 Å². The van der Waals surface area contributed by atoms with Crippen LogP contribution in [-0.4, -0.2) is 33.7 Å². The molecule has 0 aromatic heterocycles. The maximum atomic E-state index is 13.5. The summed E-state index contributed by atoms with van der Waals surface area (Å²) in [5.74, 6) is -2.88. The molecule has 0 saturated heterocycles. The van der Waals surface area contributed by atoms with Crippen LogP contribution >= 0.6 is 0 Å². The minimum Gasteiger partial charge on any atom is -0.478 e. The van der Waals surface area contributed by atoms with Crippen molar-refractivity contribution in [2.45, 2.75) is 142 Å². The van der Waals surface area contributed by atoms with E-state index in [4.69, 9.17) is 4.74 Å². The monoisotopic (exact) mass is 532 g/mol. The zero-order valence-electron chi connectivity index (χ0n) is 24.4. The van der Waals surface area contributed by atoms with Gasteiger partial charge in [0.15, 0.2) is 0 Å². The second kappa shape index (κ2) is 18.8. The third kappa shape index (κ3) is 12.4. The van der Waals surface area contributed by atoms with E-state index in [0.29, 0.717) is 5.92 Å². The summed E-state index contributed by atoms with van der Waals surface area (Å²) in [5, 5.41) is 19.3. The second-order valence-corrected chi connectivity index (χ2v) is 11.2. The molecular weight excluding hydrogens is 480 g/mol. The number of rotatable bonds is 22. The number of carboxylic acid groups (broad SMARTS) is 2. The highest BCUT2D eigenvalue weighted by Crippen LogP contribution is 2.34. The first-order valence-corrected chi connectivity index (χ1v) is 15.0. The average Bonchev–Trinajstić information content (AvgIpc) is 2.87. The molecule has 0 radical (unpaired) electrons. The number of carbonyl (C=O) groups excluding carboxylic acids is 1. The third-order valence-electron chi connectivity index (χ3n) is 7.42. The van der Waals surface area contributed by atoms with Gasteiger partial charge in [-0.3, -0.25) is 0 Å². The van der Waals surface area contributed by atoms with Crippen LogP contribution in [-0.2, 0) is 4.74 Å². The van der Waals surface area contributed by atoms with E-state index in [0.717, 1.165) is 89.9 Å². The van der Waals surface area contributed by atoms with Crippen molar-refractivity contribution in [3.05, 3.63) is 34.9 Å². The Morgan fingerprint density at radius 1 is 0.711 bits per heavy atom. The van der Waals surface area contributed by atoms with E-state index in [-0.39, 0.29) is 5.56 Å². The molecule has 216 valence electrons. The Labute approximate surface area is 230 Å². The van der Waals surface area contributed by atoms with E-state index < -0.39 is 34.6 Å². The number of esters is 1. The molecule has 0 spiro atoms. The maximum absolute atomic E-state index is 13.5. The summed E-state index contributed by atoms with van der Waals surface area (Å²) in [5.41, 5.74) is -1.74. The minimum atomic E-state index is -1.44. The van der Waals surface area contributed by atoms with Crippen molar-refractivity contribution in [3.63, 3.8) is 0 Å². The number of benzene rings is 1. The molecule has 0 aliphatic heterocycles. The zero-order valence-corrected chi connectivity index (χ0v) is 24.4. The second-order valence-electron chi connectivity index (χ2n) is 11.2. The Morgan fingerprint density at radius 2 is 1.18 bits per heavy atom. The summed E-state index contributed by atoms with van der Waals surface area (Å²) in [7, 11) is 0. The first-order chi connectivity index (χ1) is 18.2. The van der Waals surface area contributed by atoms with Crippen LogP contribution in [0.4, 0.5) is 0 Å². The van der Waals surface area contributed by atoms with Crippen molar-refractivity contribution >= 4 is 17.9 Å². The highest BCUT2D eigenvalue weighted by atomic mass is 16.6. The van der Waals surface area contributed by atoms with Crippen molar-refractivity contribution in [1.29, 1.82) is 0 Å². The quantitative estimate of drug-likeness (QED) is 0.114. The molecule has 38 heavy (non-hydrogen) atoms. The Hall–Kier alpha value is -2.37. The number of ether oxygens (including phenoxy) is 1. The number of carbonyl (C=O) groups is 3. The molecule has 1 rings (SSSR count). The molecule has 0 atom stereocenters. The molecule has 0 saturated carbocycles. The molecule has 6 heteroatoms. The lowest BCUT2D eigenvalue weighted by Crippen LogP contribution is -2.36. The van der Waals surface area contributed by atoms with Gasteiger partial charge in [-0.15, -0.1) is 0 Å². The van der Waals surface area contributed by atoms with Crippen LogP contribution in [0.1, 0.15) is 168 Å². The van der Waals surface area contributed by atoms with E-state index in [1.807, 2.05) is 0 Å². The van der Waals surface area contributed by atoms with Gasteiger partial charge in [0.25, 0.3) is 0 Å². The largest absolute Gasteiger partial charge is 0.478 e. The number of aromatic carboxylic acids is 2. The van der Waals surface area contributed by atoms with Crippen LogP contribution in [0.25, 0.3) is 0 Å². The highest BCUT2D eigenvalue weighted by molar-refractivity contribution is 6.09. The van der Waals surface area contributed by atoms with Gasteiger partial charge in [-0.1, -0.05) is 104 Å². The predicted molar refractivity (Wildman–Crippen MR) is 153 cm³/mol. The molecule has 0 amide bonds. The fourth-order valence-electron chi connectivity index (χ4n) is 5.19. The number of unbranched alkanes of at least 4 members (excludes halogenated alkanes) is 10. The predicted octanol–water partition coefficient (Wildman–Crippen LogP) is 9.31. The van der Waals surface area contributed by atoms with Gasteiger partial charge < -0.3 is 14.9 Å². The number of hydrogen-bond donors (Lipinski definition) is 2. The maximum Gasteiger partial charge on any atom is 0.339 e. The van der Waals surface area contributed by atoms with Crippen LogP contribution in [0.15, 0.2) is 18.2 Å². The van der Waals surface area contributed by atoms with Gasteiger partial charge in [0.1, 0.15) is 5.60 Å². The van der Waals surface area contributed by atoms with Crippen molar-refractivity contribution in [1.82, 2.24) is 0 Å². The third-order valence-corrected chi connectivity index (χ3v) is 7.42. The highest BCUT2D eigenvalue weighted by Gasteiger charge is 2.35. The Kier molecular flexibility index (Phi) is 16.7. The minimum absolute atomic E-state index is 0.182. The van der Waals surface area contributed by atoms with Crippen molar-refractivity contribution in [2.75, 3.05) is 0 Å². The summed E-state index contributed by atoms with van der Waals surface area (Å²) in [6, 6.07) is 4.00. The van der Waals surface area contributed by atoms with E-state index in [1.54, 1.807) is 0 Å². The van der Waals surface area contributed by atoms with Crippen LogP contribution < -0.4 is 0 Å². The molecule has 0 heterocycles. The van der Waals surface area contributed by atoms with Crippen molar-refractivity contribution < 1.29 is 29.3 Å². The van der Waals surface area contributed by atoms with Gasteiger partial charge >= 0.3 is 17.9 Å². The van der Waals surface area contributed by atoms with Gasteiger partial charge in [-0.05, 0) is 56.6 Å². The SMILES string of the molecule is CCCCCCCC(CCCCCCC)(CCCCCC(C)C)OC(=O)c1cccc(C(=O)O)c1C(=O)O. The Balaban J connectivity index is 3.23. The lowest BCUT2D eigenvalue weighted by molar-refractivity contribution is -0.0362. The molecular formula is C32H52O6. The molecule has 0 bridgehead atoms. The van der Waals surface area contributed by atoms with E-state index in [9.17, 15) is 24.6 Å². The molecule has 0 aliphatic rings. The number of carboxylic acids is 2. The molecule has 0 unspecified atom stereocenters. The fraction of sp³-hybridized carbons (Fsp3) is 0.719. The number of hydrogen-bond acceptors (Lipinski definition) is 4. The molecule has 0 fully saturated rings. The summed E-state index contributed by atoms with van der Waals surface area (Å²) in [4.78, 5) is 37.2. The van der Waals surface area contributed by atoms with Gasteiger partial charge in [-0.2, -0.15) is 0 Å². The molecule has 2 N–H and O–H groups in total. The lowest BCUT2D eigenvalue weighted by atomic mass is 9.84. The summed E-state index contributed by atoms with van der Waals surface area (Å²) in [6.07, 6.45) is 17.6. The van der Waals surface area contributed by atoms with Gasteiger partial charge in [-0.25, -0.2) is 14.4 Å². The lowest BCUT2D eigenvalue weighted by Gasteiger charge is -2.35. The van der Waals surface area contributed by atoms with Crippen LogP contribution in [0.3, 0.4) is 0 Å². The zero-order chi connectivity index (χ0) is 28.4. The Bertz CT molecular complexity index is 830. The standard InChI is InChI=1S/C32H52O6/c1-5-7-9-11-15-22-32(23-16-12-10-8-6-2,24-17-13-14-19-25(3)4)38-31(37)27-21-18-20-26(29(33)34)28(27)30(35)36/h18,20-21,25H,5-17,19,22-24H2,1-4H3,(H,33,34)(H,35,36). The average molecular weight is 533 g/mol. The molecule has 1 aromatic carbocycles. The topological polar surface area (TPSA) is 101 Å². The molecule has 0 aliphatic carbocycles. The van der Waals surface area contributed by atoms with Crippen LogP contribution in [0.2, 0.25) is 0 Å². The van der Waals surface area contributed by atoms with E-state index >= 15 is 0 Å². The van der Waals surface area contributed by atoms with Crippen molar-refractivity contribution in [2.24, 2.45) is 5.92 Å². The summed E-state index contributed by atoms with van der Waals surface area (Å²) < 4.78 is 6.30. The first kappa shape index (κ1) is 33.7. The van der Waals surface area contributed by atoms with Crippen molar-refractivity contribution in [3.8, 4) is 0 Å². The van der Waals surface area contributed by atoms with Crippen LogP contribution in [0, 0.1) is 5.92 Å². The van der Waals surface area contributed by atoms with Gasteiger partial charge in [0, 0.05) is 0 Å². The fourth-order valence-corrected chi connectivity index (χ4v) is 5.19. The molecule has 1 aromatic rings. The van der Waals surface area contributed by atoms with E-state index in [1.165, 1.54) is 37.5 Å².